The Kier molecular flexibility index (Phi) is 2.79. The van der Waals surface area contributed by atoms with Gasteiger partial charge < -0.3 is 9.84 Å². The van der Waals surface area contributed by atoms with Crippen molar-refractivity contribution < 1.29 is 19.4 Å². The molecule has 0 radical (unpaired) electrons. The van der Waals surface area contributed by atoms with Crippen molar-refractivity contribution in [2.24, 2.45) is 5.92 Å². The third kappa shape index (κ3) is 2.23. The van der Waals surface area contributed by atoms with Crippen molar-refractivity contribution in [3.05, 3.63) is 0 Å². The van der Waals surface area contributed by atoms with E-state index < -0.39 is 23.7 Å². The van der Waals surface area contributed by atoms with Gasteiger partial charge in [-0.15, -0.1) is 0 Å². The molecule has 0 aromatic heterocycles. The maximum Gasteiger partial charge on any atom is 0.411 e. The monoisotopic (exact) mass is 241 g/mol. The number of fused-ring (bicyclic) bond motifs is 2. The van der Waals surface area contributed by atoms with Crippen LogP contribution in [0.25, 0.3) is 0 Å². The van der Waals surface area contributed by atoms with E-state index in [1.807, 2.05) is 0 Å². The fourth-order valence-corrected chi connectivity index (χ4v) is 2.88. The molecule has 0 spiro atoms. The zero-order chi connectivity index (χ0) is 12.8. The first-order chi connectivity index (χ1) is 7.79. The summed E-state index contributed by atoms with van der Waals surface area (Å²) in [6.07, 6.45) is 2.11. The maximum atomic E-state index is 12.0. The maximum absolute atomic E-state index is 12.0. The molecular formula is C12H19NO4. The summed E-state index contributed by atoms with van der Waals surface area (Å²) in [7, 11) is 0. The van der Waals surface area contributed by atoms with Gasteiger partial charge in [0.05, 0.1) is 0 Å². The lowest BCUT2D eigenvalue weighted by molar-refractivity contribution is -0.144. The van der Waals surface area contributed by atoms with E-state index in [4.69, 9.17) is 4.74 Å². The number of rotatable bonds is 1. The molecule has 96 valence electrons. The smallest absolute Gasteiger partial charge is 0.411 e. The van der Waals surface area contributed by atoms with Gasteiger partial charge in [0.15, 0.2) is 0 Å². The molecule has 1 N–H and O–H groups in total. The molecule has 3 atom stereocenters. The fraction of sp³-hybridized carbons (Fsp3) is 0.833. The molecule has 2 fully saturated rings. The Bertz CT molecular complexity index is 347. The van der Waals surface area contributed by atoms with Crippen molar-refractivity contribution in [3.63, 3.8) is 0 Å². The minimum atomic E-state index is -0.914. The Balaban J connectivity index is 2.14. The van der Waals surface area contributed by atoms with Crippen molar-refractivity contribution in [1.29, 1.82) is 0 Å². The molecule has 1 unspecified atom stereocenters. The summed E-state index contributed by atoms with van der Waals surface area (Å²) in [4.78, 5) is 24.7. The highest BCUT2D eigenvalue weighted by molar-refractivity contribution is 5.82. The molecule has 1 aliphatic heterocycles. The van der Waals surface area contributed by atoms with E-state index in [1.54, 1.807) is 20.8 Å². The molecule has 0 aromatic carbocycles. The molecule has 1 saturated heterocycles. The van der Waals surface area contributed by atoms with Gasteiger partial charge in [-0.05, 0) is 46.0 Å². The van der Waals surface area contributed by atoms with Gasteiger partial charge >= 0.3 is 12.1 Å². The highest BCUT2D eigenvalue weighted by atomic mass is 16.6. The first-order valence-corrected chi connectivity index (χ1v) is 6.04. The first kappa shape index (κ1) is 12.2. The van der Waals surface area contributed by atoms with Crippen LogP contribution in [0.4, 0.5) is 4.79 Å². The summed E-state index contributed by atoms with van der Waals surface area (Å²) in [5.74, 6) is -0.812. The predicted octanol–water partition coefficient (Wildman–Crippen LogP) is 1.86. The average molecular weight is 241 g/mol. The molecule has 2 rings (SSSR count). The summed E-state index contributed by atoms with van der Waals surface area (Å²) < 4.78 is 5.28. The van der Waals surface area contributed by atoms with Gasteiger partial charge in [-0.2, -0.15) is 0 Å². The number of hydrogen-bond acceptors (Lipinski definition) is 3. The number of nitrogens with zero attached hydrogens (tertiary/aromatic N) is 1. The molecule has 5 heteroatoms. The van der Waals surface area contributed by atoms with Crippen LogP contribution in [0.5, 0.6) is 0 Å². The van der Waals surface area contributed by atoms with Crippen molar-refractivity contribution in [2.45, 2.75) is 57.7 Å². The summed E-state index contributed by atoms with van der Waals surface area (Å²) in [6.45, 7) is 5.36. The van der Waals surface area contributed by atoms with Crippen LogP contribution in [-0.2, 0) is 9.53 Å². The van der Waals surface area contributed by atoms with Crippen LogP contribution in [0, 0.1) is 5.92 Å². The van der Waals surface area contributed by atoms with Gasteiger partial charge in [0, 0.05) is 6.04 Å². The van der Waals surface area contributed by atoms with Gasteiger partial charge in [0.25, 0.3) is 0 Å². The van der Waals surface area contributed by atoms with Crippen LogP contribution in [0.1, 0.15) is 40.0 Å². The number of carboxylic acids is 1. The van der Waals surface area contributed by atoms with Crippen LogP contribution in [0.3, 0.4) is 0 Å². The van der Waals surface area contributed by atoms with Gasteiger partial charge in [-0.3, -0.25) is 4.90 Å². The number of amides is 1. The number of aliphatic carboxylic acids is 1. The quantitative estimate of drug-likeness (QED) is 0.761. The number of piperidine rings is 1. The summed E-state index contributed by atoms with van der Waals surface area (Å²) in [6, 6.07) is -0.639. The summed E-state index contributed by atoms with van der Waals surface area (Å²) in [5, 5.41) is 9.20. The number of likely N-dealkylation sites (tertiary alicyclic amines) is 1. The SMILES string of the molecule is CC(C)(C)OC(=O)N1C(C(=O)O)[C@@H]2CC[C@H]1C2. The predicted molar refractivity (Wildman–Crippen MR) is 60.6 cm³/mol. The molecule has 17 heavy (non-hydrogen) atoms. The Labute approximate surface area is 101 Å². The molecule has 1 amide bonds. The van der Waals surface area contributed by atoms with Gasteiger partial charge in [0.2, 0.25) is 0 Å². The standard InChI is InChI=1S/C12H19NO4/c1-12(2,3)17-11(16)13-8-5-4-7(6-8)9(13)10(14)15/h7-9H,4-6H2,1-3H3,(H,14,15)/t7-,8+,9?/m1/s1. The Hall–Kier alpha value is -1.26. The fourth-order valence-electron chi connectivity index (χ4n) is 2.88. The molecule has 1 saturated carbocycles. The van der Waals surface area contributed by atoms with Crippen molar-refractivity contribution in [1.82, 2.24) is 4.90 Å². The lowest BCUT2D eigenvalue weighted by atomic mass is 9.99. The molecule has 1 heterocycles. The molecule has 0 aromatic rings. The number of carbonyl (C=O) groups is 2. The topological polar surface area (TPSA) is 66.8 Å². The summed E-state index contributed by atoms with van der Waals surface area (Å²) >= 11 is 0. The molecule has 2 bridgehead atoms. The van der Waals surface area contributed by atoms with E-state index >= 15 is 0 Å². The van der Waals surface area contributed by atoms with Crippen LogP contribution in [0.15, 0.2) is 0 Å². The molecular weight excluding hydrogens is 222 g/mol. The van der Waals surface area contributed by atoms with Gasteiger partial charge in [-0.25, -0.2) is 9.59 Å². The Morgan fingerprint density at radius 2 is 1.94 bits per heavy atom. The number of hydrogen-bond donors (Lipinski definition) is 1. The number of carboxylic acid groups (broad SMARTS) is 1. The highest BCUT2D eigenvalue weighted by Gasteiger charge is 2.52. The van der Waals surface area contributed by atoms with Gasteiger partial charge in [-0.1, -0.05) is 0 Å². The van der Waals surface area contributed by atoms with E-state index in [2.05, 4.69) is 0 Å². The van der Waals surface area contributed by atoms with Crippen LogP contribution >= 0.6 is 0 Å². The van der Waals surface area contributed by atoms with Crippen LogP contribution in [0.2, 0.25) is 0 Å². The van der Waals surface area contributed by atoms with E-state index in [-0.39, 0.29) is 12.0 Å². The minimum absolute atomic E-state index is 0.0518. The normalized spacial score (nSPS) is 31.7. The summed E-state index contributed by atoms with van der Waals surface area (Å²) in [5.41, 5.74) is -0.581. The van der Waals surface area contributed by atoms with E-state index in [1.165, 1.54) is 4.90 Å². The molecule has 5 nitrogen and oxygen atoms in total. The minimum Gasteiger partial charge on any atom is -0.480 e. The second kappa shape index (κ2) is 3.89. The van der Waals surface area contributed by atoms with Gasteiger partial charge in [0.1, 0.15) is 11.6 Å². The highest BCUT2D eigenvalue weighted by Crippen LogP contribution is 2.43. The molecule has 1 aliphatic carbocycles. The van der Waals surface area contributed by atoms with E-state index in [0.29, 0.717) is 0 Å². The average Bonchev–Trinajstić information content (AvgIpc) is 2.72. The van der Waals surface area contributed by atoms with Crippen molar-refractivity contribution in [3.8, 4) is 0 Å². The van der Waals surface area contributed by atoms with E-state index in [9.17, 15) is 14.7 Å². The Morgan fingerprint density at radius 3 is 2.47 bits per heavy atom. The van der Waals surface area contributed by atoms with Crippen LogP contribution in [-0.4, -0.2) is 39.8 Å². The zero-order valence-corrected chi connectivity index (χ0v) is 10.5. The second-order valence-electron chi connectivity index (χ2n) is 5.90. The van der Waals surface area contributed by atoms with Crippen LogP contribution < -0.4 is 0 Å². The van der Waals surface area contributed by atoms with Crippen molar-refractivity contribution >= 4 is 12.1 Å². The van der Waals surface area contributed by atoms with Crippen molar-refractivity contribution in [2.75, 3.05) is 0 Å². The third-order valence-corrected chi connectivity index (χ3v) is 3.44. The number of ether oxygens (including phenoxy) is 1. The largest absolute Gasteiger partial charge is 0.480 e. The van der Waals surface area contributed by atoms with E-state index in [0.717, 1.165) is 19.3 Å². The number of carbonyl (C=O) groups excluding carboxylic acids is 1. The second-order valence-corrected chi connectivity index (χ2v) is 5.90. The Morgan fingerprint density at radius 1 is 1.29 bits per heavy atom. The lowest BCUT2D eigenvalue weighted by Crippen LogP contribution is -2.50. The molecule has 2 aliphatic rings. The first-order valence-electron chi connectivity index (χ1n) is 6.04. The lowest BCUT2D eigenvalue weighted by Gasteiger charge is -2.34. The third-order valence-electron chi connectivity index (χ3n) is 3.44. The zero-order valence-electron chi connectivity index (χ0n) is 10.5.